The van der Waals surface area contributed by atoms with Gasteiger partial charge >= 0.3 is 98.3 Å². The zero-order valence-electron chi connectivity index (χ0n) is 9.77. The third-order valence-electron chi connectivity index (χ3n) is 1.11. The van der Waals surface area contributed by atoms with E-state index in [-0.39, 0.29) is 18.3 Å². The summed E-state index contributed by atoms with van der Waals surface area (Å²) in [6.07, 6.45) is -2.27. The summed E-state index contributed by atoms with van der Waals surface area (Å²) in [5.74, 6) is 0. The van der Waals surface area contributed by atoms with Gasteiger partial charge in [0.05, 0.1) is 0 Å². The third-order valence-corrected chi connectivity index (χ3v) is 4.97. The predicted octanol–water partition coefficient (Wildman–Crippen LogP) is 3.22. The van der Waals surface area contributed by atoms with Crippen LogP contribution in [0.2, 0.25) is 0 Å². The molecule has 0 saturated carbocycles. The van der Waals surface area contributed by atoms with Crippen molar-refractivity contribution in [1.82, 2.24) is 0 Å². The fourth-order valence-electron chi connectivity index (χ4n) is 0.884. The fraction of sp³-hybridized carbons (Fsp3) is 1.00. The Morgan fingerprint density at radius 2 is 0.929 bits per heavy atom. The first-order valence-electron chi connectivity index (χ1n) is 4.94. The molecule has 0 heterocycles. The van der Waals surface area contributed by atoms with Gasteiger partial charge in [-0.3, -0.25) is 0 Å². The van der Waals surface area contributed by atoms with Crippen LogP contribution < -0.4 is 0 Å². The summed E-state index contributed by atoms with van der Waals surface area (Å²) in [4.78, 5) is 0. The molecule has 0 rings (SSSR count). The van der Waals surface area contributed by atoms with Crippen molar-refractivity contribution in [3.05, 3.63) is 0 Å². The molecule has 91 valence electrons. The molecule has 0 aliphatic rings. The molecular formula is C9H22O3PPd. The van der Waals surface area contributed by atoms with Crippen molar-refractivity contribution in [1.29, 1.82) is 0 Å². The van der Waals surface area contributed by atoms with Gasteiger partial charge in [0, 0.05) is 0 Å². The first-order valence-corrected chi connectivity index (χ1v) is 8.81. The number of rotatable bonds is 6. The summed E-state index contributed by atoms with van der Waals surface area (Å²) in [7, 11) is 0. The van der Waals surface area contributed by atoms with E-state index < -0.39 is 6.13 Å². The second kappa shape index (κ2) is 6.53. The molecule has 0 amide bonds. The van der Waals surface area contributed by atoms with E-state index in [4.69, 9.17) is 13.6 Å². The second-order valence-corrected chi connectivity index (χ2v) is 8.39. The molecule has 5 heteroatoms. The van der Waals surface area contributed by atoms with Gasteiger partial charge < -0.3 is 0 Å². The Labute approximate surface area is 98.4 Å². The Bertz CT molecular complexity index is 136. The molecule has 0 aliphatic carbocycles. The van der Waals surface area contributed by atoms with E-state index in [2.05, 4.69) is 18.7 Å². The molecule has 14 heavy (non-hydrogen) atoms. The van der Waals surface area contributed by atoms with Crippen LogP contribution in [0.1, 0.15) is 41.5 Å². The molecule has 0 bridgehead atoms. The van der Waals surface area contributed by atoms with Gasteiger partial charge in [0.25, 0.3) is 0 Å². The van der Waals surface area contributed by atoms with Crippen LogP contribution in [0.5, 0.6) is 0 Å². The minimum absolute atomic E-state index is 0.105. The Kier molecular flexibility index (Phi) is 6.99. The minimum atomic E-state index is -2.59. The van der Waals surface area contributed by atoms with Crippen LogP contribution in [-0.2, 0) is 32.3 Å². The van der Waals surface area contributed by atoms with Gasteiger partial charge in [0.1, 0.15) is 0 Å². The molecule has 0 aromatic rings. The number of hydrogen-bond donors (Lipinski definition) is 0. The summed E-state index contributed by atoms with van der Waals surface area (Å²) in [6, 6.07) is 0. The molecule has 0 N–H and O–H groups in total. The van der Waals surface area contributed by atoms with E-state index >= 15 is 0 Å². The first kappa shape index (κ1) is 15.0. The monoisotopic (exact) mass is 315 g/mol. The molecule has 0 unspecified atom stereocenters. The predicted molar refractivity (Wildman–Crippen MR) is 57.0 cm³/mol. The molecule has 0 atom stereocenters. The average molecular weight is 316 g/mol. The Balaban J connectivity index is 4.32. The maximum atomic E-state index is 5.69. The Morgan fingerprint density at radius 1 is 0.714 bits per heavy atom. The van der Waals surface area contributed by atoms with E-state index in [0.29, 0.717) is 0 Å². The standard InChI is InChI=1S/C9H22O3P.Pd/c1-7(2)10-13(11-8(3)4)12-9(5)6;/h7-9,13H,1-6H3;/q+1;-1. The van der Waals surface area contributed by atoms with Crippen molar-refractivity contribution in [2.45, 2.75) is 59.9 Å². The summed E-state index contributed by atoms with van der Waals surface area (Å²) in [5.41, 5.74) is 0. The summed E-state index contributed by atoms with van der Waals surface area (Å²) in [6.45, 7) is 11.8. The van der Waals surface area contributed by atoms with E-state index in [1.54, 1.807) is 0 Å². The molecule has 3 nitrogen and oxygen atoms in total. The maximum absolute atomic E-state index is 5.69. The van der Waals surface area contributed by atoms with Crippen molar-refractivity contribution in [3.8, 4) is 0 Å². The molecule has 0 aromatic heterocycles. The molecule has 0 saturated heterocycles. The Morgan fingerprint density at radius 3 is 1.07 bits per heavy atom. The van der Waals surface area contributed by atoms with Gasteiger partial charge in [0.2, 0.25) is 0 Å². The van der Waals surface area contributed by atoms with E-state index in [9.17, 15) is 0 Å². The van der Waals surface area contributed by atoms with Crippen LogP contribution in [0.15, 0.2) is 0 Å². The zero-order chi connectivity index (χ0) is 11.4. The van der Waals surface area contributed by atoms with Crippen LogP contribution in [-0.4, -0.2) is 18.3 Å². The van der Waals surface area contributed by atoms with Crippen LogP contribution in [0, 0.1) is 0 Å². The van der Waals surface area contributed by atoms with E-state index in [0.717, 1.165) is 0 Å². The second-order valence-electron chi connectivity index (χ2n) is 3.94. The van der Waals surface area contributed by atoms with E-state index in [1.165, 1.54) is 0 Å². The van der Waals surface area contributed by atoms with Crippen LogP contribution in [0.4, 0.5) is 0 Å². The average Bonchev–Trinajstić information content (AvgIpc) is 1.76. The van der Waals surface area contributed by atoms with Crippen molar-refractivity contribution < 1.29 is 32.3 Å². The van der Waals surface area contributed by atoms with Crippen LogP contribution in [0.25, 0.3) is 0 Å². The van der Waals surface area contributed by atoms with Crippen molar-refractivity contribution >= 4 is 6.13 Å². The molecule has 0 aromatic carbocycles. The van der Waals surface area contributed by atoms with E-state index in [1.807, 2.05) is 41.5 Å². The van der Waals surface area contributed by atoms with Gasteiger partial charge in [-0.15, -0.1) is 0 Å². The molecule has 0 spiro atoms. The van der Waals surface area contributed by atoms with Crippen molar-refractivity contribution in [2.24, 2.45) is 0 Å². The third kappa shape index (κ3) is 7.29. The molecule has 0 aliphatic heterocycles. The van der Waals surface area contributed by atoms with Gasteiger partial charge in [-0.2, -0.15) is 0 Å². The zero-order valence-corrected chi connectivity index (χ0v) is 12.3. The quantitative estimate of drug-likeness (QED) is 0.556. The van der Waals surface area contributed by atoms with Gasteiger partial charge in [-0.25, -0.2) is 0 Å². The Hall–Kier alpha value is 0.972. The molecule has 0 radical (unpaired) electrons. The van der Waals surface area contributed by atoms with Crippen molar-refractivity contribution in [3.63, 3.8) is 0 Å². The summed E-state index contributed by atoms with van der Waals surface area (Å²) < 4.78 is 17.1. The molecule has 0 fully saturated rings. The summed E-state index contributed by atoms with van der Waals surface area (Å²) in [5, 5.41) is 0. The topological polar surface area (TPSA) is 27.7 Å². The number of hydrogen-bond acceptors (Lipinski definition) is 3. The SMILES string of the molecule is CC(C)O[PH]([Pd])(OC(C)C)OC(C)C. The van der Waals surface area contributed by atoms with Gasteiger partial charge in [-0.05, 0) is 0 Å². The normalized spacial score (nSPS) is 14.5. The fourth-order valence-corrected chi connectivity index (χ4v) is 5.95. The van der Waals surface area contributed by atoms with Crippen LogP contribution in [0.3, 0.4) is 0 Å². The van der Waals surface area contributed by atoms with Gasteiger partial charge in [0.15, 0.2) is 0 Å². The first-order chi connectivity index (χ1) is 6.25. The van der Waals surface area contributed by atoms with Gasteiger partial charge in [-0.1, -0.05) is 0 Å². The summed E-state index contributed by atoms with van der Waals surface area (Å²) >= 11 is 3.16. The van der Waals surface area contributed by atoms with Crippen molar-refractivity contribution in [2.75, 3.05) is 0 Å². The molecular weight excluding hydrogens is 293 g/mol. The van der Waals surface area contributed by atoms with Crippen LogP contribution >= 0.6 is 6.13 Å².